The van der Waals surface area contributed by atoms with Crippen LogP contribution in [0.15, 0.2) is 48.5 Å². The van der Waals surface area contributed by atoms with Crippen LogP contribution in [0, 0.1) is 5.82 Å². The molecule has 154 valence electrons. The first-order chi connectivity index (χ1) is 14.7. The van der Waals surface area contributed by atoms with Crippen LogP contribution in [-0.2, 0) is 12.8 Å². The number of fused-ring (bicyclic) bond motifs is 1. The predicted molar refractivity (Wildman–Crippen MR) is 114 cm³/mol. The molecule has 1 aliphatic heterocycles. The van der Waals surface area contributed by atoms with Gasteiger partial charge in [-0.1, -0.05) is 24.3 Å². The van der Waals surface area contributed by atoms with Gasteiger partial charge in [0.25, 0.3) is 0 Å². The highest BCUT2D eigenvalue weighted by Crippen LogP contribution is 2.34. The molecule has 0 spiro atoms. The van der Waals surface area contributed by atoms with E-state index in [2.05, 4.69) is 15.3 Å². The second kappa shape index (κ2) is 7.91. The van der Waals surface area contributed by atoms with E-state index in [0.717, 1.165) is 53.8 Å². The number of piperidine rings is 1. The average Bonchev–Trinajstić information content (AvgIpc) is 3.35. The molecule has 0 atom stereocenters. The van der Waals surface area contributed by atoms with Crippen LogP contribution >= 0.6 is 0 Å². The predicted octanol–water partition coefficient (Wildman–Crippen LogP) is 3.85. The summed E-state index contributed by atoms with van der Waals surface area (Å²) in [7, 11) is 0. The van der Waals surface area contributed by atoms with E-state index < -0.39 is 0 Å². The molecular weight excluding hydrogens is 381 g/mol. The molecular formula is C23H24FN5O. The zero-order valence-corrected chi connectivity index (χ0v) is 16.6. The number of H-pyrrole nitrogens is 1. The minimum atomic E-state index is -0.241. The number of imidazole rings is 1. The van der Waals surface area contributed by atoms with Crippen LogP contribution in [-0.4, -0.2) is 37.9 Å². The molecule has 7 heteroatoms. The van der Waals surface area contributed by atoms with Gasteiger partial charge in [-0.2, -0.15) is 9.78 Å². The number of aromatic hydroxyl groups is 1. The number of rotatable bonds is 5. The van der Waals surface area contributed by atoms with E-state index in [1.54, 1.807) is 12.1 Å². The lowest BCUT2D eigenvalue weighted by Gasteiger charge is -2.21. The van der Waals surface area contributed by atoms with E-state index >= 15 is 0 Å². The van der Waals surface area contributed by atoms with E-state index in [0.29, 0.717) is 24.7 Å². The van der Waals surface area contributed by atoms with E-state index in [4.69, 9.17) is 5.10 Å². The summed E-state index contributed by atoms with van der Waals surface area (Å²) in [4.78, 5) is 7.85. The van der Waals surface area contributed by atoms with Gasteiger partial charge < -0.3 is 15.4 Å². The van der Waals surface area contributed by atoms with Gasteiger partial charge in [-0.25, -0.2) is 9.37 Å². The standard InChI is InChI=1S/C23H24FN5O/c24-17-8-5-15(6-9-17)7-10-18-21(16-11-13-25-14-12-16)28-29(22(18)30)23-26-19-3-1-2-4-20(19)27-23/h1-6,8-9,16,25,30H,7,10-14H2,(H,26,27). The fraction of sp³-hybridized carbons (Fsp3) is 0.304. The van der Waals surface area contributed by atoms with E-state index in [1.165, 1.54) is 16.8 Å². The van der Waals surface area contributed by atoms with Crippen molar-refractivity contribution in [3.8, 4) is 11.8 Å². The van der Waals surface area contributed by atoms with Crippen LogP contribution in [0.25, 0.3) is 17.0 Å². The third-order valence-corrected chi connectivity index (χ3v) is 5.87. The Labute approximate surface area is 173 Å². The number of nitrogens with one attached hydrogen (secondary N) is 2. The average molecular weight is 405 g/mol. The Morgan fingerprint density at radius 3 is 2.57 bits per heavy atom. The van der Waals surface area contributed by atoms with E-state index in [9.17, 15) is 9.50 Å². The van der Waals surface area contributed by atoms with E-state index in [-0.39, 0.29) is 11.7 Å². The highest BCUT2D eigenvalue weighted by Gasteiger charge is 2.27. The molecule has 5 rings (SSSR count). The van der Waals surface area contributed by atoms with Crippen molar-refractivity contribution in [1.82, 2.24) is 25.1 Å². The van der Waals surface area contributed by atoms with Crippen molar-refractivity contribution in [2.75, 3.05) is 13.1 Å². The van der Waals surface area contributed by atoms with Gasteiger partial charge in [0.15, 0.2) is 0 Å². The zero-order chi connectivity index (χ0) is 20.5. The molecule has 4 aromatic rings. The number of benzene rings is 2. The van der Waals surface area contributed by atoms with Crippen LogP contribution in [0.3, 0.4) is 0 Å². The molecule has 0 aliphatic carbocycles. The molecule has 0 saturated carbocycles. The molecule has 30 heavy (non-hydrogen) atoms. The van der Waals surface area contributed by atoms with Gasteiger partial charge in [-0.3, -0.25) is 0 Å². The summed E-state index contributed by atoms with van der Waals surface area (Å²) < 4.78 is 14.8. The number of aromatic nitrogens is 4. The minimum absolute atomic E-state index is 0.129. The van der Waals surface area contributed by atoms with Crippen molar-refractivity contribution >= 4 is 11.0 Å². The van der Waals surface area contributed by atoms with Crippen molar-refractivity contribution in [3.05, 3.63) is 71.2 Å². The van der Waals surface area contributed by atoms with Crippen LogP contribution in [0.2, 0.25) is 0 Å². The quantitative estimate of drug-likeness (QED) is 0.471. The summed E-state index contributed by atoms with van der Waals surface area (Å²) in [6, 6.07) is 14.3. The van der Waals surface area contributed by atoms with Gasteiger partial charge in [-0.05, 0) is 68.6 Å². The Kier molecular flexibility index (Phi) is 4.96. The summed E-state index contributed by atoms with van der Waals surface area (Å²) in [6.45, 7) is 1.89. The first-order valence-corrected chi connectivity index (χ1v) is 10.4. The van der Waals surface area contributed by atoms with Crippen molar-refractivity contribution in [3.63, 3.8) is 0 Å². The Hall–Kier alpha value is -3.19. The van der Waals surface area contributed by atoms with Crippen LogP contribution in [0.5, 0.6) is 5.88 Å². The fourth-order valence-electron chi connectivity index (χ4n) is 4.23. The third kappa shape index (κ3) is 3.57. The SMILES string of the molecule is Oc1c(CCc2ccc(F)cc2)c(C2CCNCC2)nn1-c1nc2ccccc2[nH]1. The maximum Gasteiger partial charge on any atom is 0.232 e. The molecule has 2 aromatic heterocycles. The van der Waals surface area contributed by atoms with E-state index in [1.807, 2.05) is 24.3 Å². The van der Waals surface area contributed by atoms with Crippen molar-refractivity contribution in [2.24, 2.45) is 0 Å². The topological polar surface area (TPSA) is 78.8 Å². The van der Waals surface area contributed by atoms with Crippen molar-refractivity contribution in [1.29, 1.82) is 0 Å². The van der Waals surface area contributed by atoms with Gasteiger partial charge in [0, 0.05) is 11.5 Å². The maximum atomic E-state index is 13.2. The zero-order valence-electron chi connectivity index (χ0n) is 16.6. The number of hydrogen-bond donors (Lipinski definition) is 3. The second-order valence-electron chi connectivity index (χ2n) is 7.83. The summed E-state index contributed by atoms with van der Waals surface area (Å²) in [5, 5.41) is 19.3. The number of nitrogens with zero attached hydrogens (tertiary/aromatic N) is 3. The summed E-state index contributed by atoms with van der Waals surface area (Å²) in [5.74, 6) is 0.697. The maximum absolute atomic E-state index is 13.2. The third-order valence-electron chi connectivity index (χ3n) is 5.87. The van der Waals surface area contributed by atoms with Gasteiger partial charge in [-0.15, -0.1) is 0 Å². The molecule has 1 aliphatic rings. The number of para-hydroxylation sites is 2. The molecule has 3 heterocycles. The molecule has 0 bridgehead atoms. The second-order valence-corrected chi connectivity index (χ2v) is 7.83. The molecule has 6 nitrogen and oxygen atoms in total. The lowest BCUT2D eigenvalue weighted by molar-refractivity contribution is 0.425. The molecule has 0 radical (unpaired) electrons. The van der Waals surface area contributed by atoms with Gasteiger partial charge >= 0.3 is 0 Å². The number of aromatic amines is 1. The van der Waals surface area contributed by atoms with Crippen LogP contribution < -0.4 is 5.32 Å². The fourth-order valence-corrected chi connectivity index (χ4v) is 4.23. The molecule has 1 saturated heterocycles. The summed E-state index contributed by atoms with van der Waals surface area (Å²) >= 11 is 0. The Morgan fingerprint density at radius 1 is 1.03 bits per heavy atom. The van der Waals surface area contributed by atoms with Crippen LogP contribution in [0.1, 0.15) is 35.6 Å². The first-order valence-electron chi connectivity index (χ1n) is 10.4. The minimum Gasteiger partial charge on any atom is -0.493 e. The lowest BCUT2D eigenvalue weighted by Crippen LogP contribution is -2.27. The van der Waals surface area contributed by atoms with Gasteiger partial charge in [0.1, 0.15) is 5.82 Å². The van der Waals surface area contributed by atoms with Crippen molar-refractivity contribution < 1.29 is 9.50 Å². The Bertz CT molecular complexity index is 1130. The van der Waals surface area contributed by atoms with Crippen molar-refractivity contribution in [2.45, 2.75) is 31.6 Å². The largest absolute Gasteiger partial charge is 0.493 e. The lowest BCUT2D eigenvalue weighted by atomic mass is 9.90. The van der Waals surface area contributed by atoms with Crippen LogP contribution in [0.4, 0.5) is 4.39 Å². The monoisotopic (exact) mass is 405 g/mol. The molecule has 1 fully saturated rings. The summed E-state index contributed by atoms with van der Waals surface area (Å²) in [6.07, 6.45) is 3.31. The highest BCUT2D eigenvalue weighted by molar-refractivity contribution is 5.76. The van der Waals surface area contributed by atoms with Gasteiger partial charge in [0.05, 0.1) is 16.7 Å². The number of halogens is 1. The first kappa shape index (κ1) is 18.8. The Morgan fingerprint density at radius 2 is 1.80 bits per heavy atom. The smallest absolute Gasteiger partial charge is 0.232 e. The molecule has 0 unspecified atom stereocenters. The normalized spacial score (nSPS) is 15.1. The molecule has 0 amide bonds. The van der Waals surface area contributed by atoms with Gasteiger partial charge in [0.2, 0.25) is 11.8 Å². The number of aryl methyl sites for hydroxylation is 1. The summed E-state index contributed by atoms with van der Waals surface area (Å²) in [5.41, 5.74) is 4.56. The highest BCUT2D eigenvalue weighted by atomic mass is 19.1. The molecule has 2 aromatic carbocycles. The molecule has 3 N–H and O–H groups in total. The Balaban J connectivity index is 1.52. The number of hydrogen-bond acceptors (Lipinski definition) is 4.